The third-order valence-corrected chi connectivity index (χ3v) is 4.85. The number of nitrogens with zero attached hydrogens (tertiary/aromatic N) is 1. The molecule has 2 heterocycles. The Hall–Kier alpha value is -1.69. The van der Waals surface area contributed by atoms with Crippen LogP contribution in [0.1, 0.15) is 23.2 Å². The molecule has 3 rings (SSSR count). The van der Waals surface area contributed by atoms with Gasteiger partial charge in [0.25, 0.3) is 5.91 Å². The van der Waals surface area contributed by atoms with Gasteiger partial charge in [-0.3, -0.25) is 4.79 Å². The average Bonchev–Trinajstić information content (AvgIpc) is 2.88. The maximum Gasteiger partial charge on any atom is 0.509 e. The highest BCUT2D eigenvalue weighted by atomic mass is 32.2. The summed E-state index contributed by atoms with van der Waals surface area (Å²) in [6.07, 6.45) is 2.63. The molecule has 2 aliphatic rings. The Labute approximate surface area is 127 Å². The Kier molecular flexibility index (Phi) is 3.80. The summed E-state index contributed by atoms with van der Waals surface area (Å²) >= 11 is 1.57. The standard InChI is InChI=1S/C15H17NO4S/c1-21-12-5-3-2-4-11(12)13(17)16-8-6-15(7-9-16)10-19-14(18)20-15/h2-5H,6-10H2,1H3. The number of hydrogen-bond donors (Lipinski definition) is 0. The lowest BCUT2D eigenvalue weighted by molar-refractivity contribution is 0.00271. The molecular weight excluding hydrogens is 290 g/mol. The Morgan fingerprint density at radius 3 is 2.62 bits per heavy atom. The quantitative estimate of drug-likeness (QED) is 0.621. The number of thioether (sulfide) groups is 1. The van der Waals surface area contributed by atoms with E-state index in [-0.39, 0.29) is 5.91 Å². The van der Waals surface area contributed by atoms with Crippen molar-refractivity contribution in [1.82, 2.24) is 4.90 Å². The summed E-state index contributed by atoms with van der Waals surface area (Å²) in [6, 6.07) is 7.63. The van der Waals surface area contributed by atoms with Gasteiger partial charge in [0, 0.05) is 30.8 Å². The van der Waals surface area contributed by atoms with Crippen molar-refractivity contribution in [2.24, 2.45) is 0 Å². The van der Waals surface area contributed by atoms with E-state index in [1.54, 1.807) is 11.8 Å². The Bertz CT molecular complexity index is 567. The van der Waals surface area contributed by atoms with Gasteiger partial charge in [-0.2, -0.15) is 0 Å². The molecule has 2 saturated heterocycles. The number of rotatable bonds is 2. The van der Waals surface area contributed by atoms with Crippen LogP contribution in [0.5, 0.6) is 0 Å². The molecule has 2 fully saturated rings. The van der Waals surface area contributed by atoms with Crippen LogP contribution in [0.25, 0.3) is 0 Å². The summed E-state index contributed by atoms with van der Waals surface area (Å²) in [7, 11) is 0. The highest BCUT2D eigenvalue weighted by Gasteiger charge is 2.45. The second-order valence-electron chi connectivity index (χ2n) is 5.32. The van der Waals surface area contributed by atoms with Crippen molar-refractivity contribution in [1.29, 1.82) is 0 Å². The molecule has 0 atom stereocenters. The summed E-state index contributed by atoms with van der Waals surface area (Å²) in [5.74, 6) is 0.0417. The van der Waals surface area contributed by atoms with Crippen molar-refractivity contribution in [3.05, 3.63) is 29.8 Å². The van der Waals surface area contributed by atoms with Gasteiger partial charge in [0.1, 0.15) is 6.61 Å². The van der Waals surface area contributed by atoms with E-state index in [4.69, 9.17) is 9.47 Å². The summed E-state index contributed by atoms with van der Waals surface area (Å²) < 4.78 is 10.2. The second-order valence-corrected chi connectivity index (χ2v) is 6.16. The summed E-state index contributed by atoms with van der Waals surface area (Å²) in [6.45, 7) is 1.46. The highest BCUT2D eigenvalue weighted by molar-refractivity contribution is 7.98. The third kappa shape index (κ3) is 2.72. The molecule has 0 aliphatic carbocycles. The smallest absolute Gasteiger partial charge is 0.430 e. The first-order valence-corrected chi connectivity index (χ1v) is 8.14. The van der Waals surface area contributed by atoms with Gasteiger partial charge in [0.2, 0.25) is 0 Å². The van der Waals surface area contributed by atoms with Crippen LogP contribution in [-0.4, -0.2) is 48.5 Å². The van der Waals surface area contributed by atoms with E-state index in [1.165, 1.54) is 0 Å². The van der Waals surface area contributed by atoms with E-state index in [0.29, 0.717) is 32.5 Å². The maximum absolute atomic E-state index is 12.6. The van der Waals surface area contributed by atoms with Crippen LogP contribution in [0, 0.1) is 0 Å². The fraction of sp³-hybridized carbons (Fsp3) is 0.467. The van der Waals surface area contributed by atoms with E-state index >= 15 is 0 Å². The molecule has 0 radical (unpaired) electrons. The topological polar surface area (TPSA) is 55.8 Å². The van der Waals surface area contributed by atoms with Crippen LogP contribution in [0.4, 0.5) is 4.79 Å². The fourth-order valence-electron chi connectivity index (χ4n) is 2.78. The van der Waals surface area contributed by atoms with Gasteiger partial charge in [-0.15, -0.1) is 11.8 Å². The molecule has 0 unspecified atom stereocenters. The van der Waals surface area contributed by atoms with E-state index in [9.17, 15) is 9.59 Å². The lowest BCUT2D eigenvalue weighted by Gasteiger charge is -2.36. The summed E-state index contributed by atoms with van der Waals surface area (Å²) in [5, 5.41) is 0. The van der Waals surface area contributed by atoms with Crippen molar-refractivity contribution in [3.8, 4) is 0 Å². The minimum atomic E-state index is -0.595. The molecule has 0 aromatic heterocycles. The lowest BCUT2D eigenvalue weighted by atomic mass is 9.92. The number of ether oxygens (including phenoxy) is 2. The maximum atomic E-state index is 12.6. The molecule has 6 heteroatoms. The molecule has 5 nitrogen and oxygen atoms in total. The van der Waals surface area contributed by atoms with Crippen molar-refractivity contribution < 1.29 is 19.1 Å². The van der Waals surface area contributed by atoms with Gasteiger partial charge in [-0.1, -0.05) is 12.1 Å². The van der Waals surface area contributed by atoms with Crippen LogP contribution < -0.4 is 0 Å². The first-order valence-electron chi connectivity index (χ1n) is 6.92. The Morgan fingerprint density at radius 1 is 1.29 bits per heavy atom. The van der Waals surface area contributed by atoms with E-state index in [2.05, 4.69) is 0 Å². The van der Waals surface area contributed by atoms with E-state index < -0.39 is 11.8 Å². The number of carbonyl (C=O) groups excluding carboxylic acids is 2. The first kappa shape index (κ1) is 14.3. The lowest BCUT2D eigenvalue weighted by Crippen LogP contribution is -2.48. The number of benzene rings is 1. The molecular formula is C15H17NO4S. The van der Waals surface area contributed by atoms with Crippen molar-refractivity contribution >= 4 is 23.8 Å². The van der Waals surface area contributed by atoms with Crippen molar-refractivity contribution in [3.63, 3.8) is 0 Å². The largest absolute Gasteiger partial charge is 0.509 e. The van der Waals surface area contributed by atoms with Crippen molar-refractivity contribution in [2.45, 2.75) is 23.3 Å². The van der Waals surface area contributed by atoms with Gasteiger partial charge in [0.15, 0.2) is 5.60 Å². The highest BCUT2D eigenvalue weighted by Crippen LogP contribution is 2.32. The van der Waals surface area contributed by atoms with Crippen LogP contribution in [0.2, 0.25) is 0 Å². The first-order chi connectivity index (χ1) is 10.1. The molecule has 2 aliphatic heterocycles. The molecule has 0 N–H and O–H groups in total. The number of piperidine rings is 1. The summed E-state index contributed by atoms with van der Waals surface area (Å²) in [5.41, 5.74) is 0.216. The number of carbonyl (C=O) groups is 2. The fourth-order valence-corrected chi connectivity index (χ4v) is 3.37. The zero-order chi connectivity index (χ0) is 14.9. The molecule has 0 bridgehead atoms. The van der Waals surface area contributed by atoms with Gasteiger partial charge in [0.05, 0.1) is 5.56 Å². The van der Waals surface area contributed by atoms with Crippen LogP contribution in [0.15, 0.2) is 29.2 Å². The number of hydrogen-bond acceptors (Lipinski definition) is 5. The molecule has 21 heavy (non-hydrogen) atoms. The van der Waals surface area contributed by atoms with Gasteiger partial charge >= 0.3 is 6.16 Å². The molecule has 112 valence electrons. The molecule has 1 aromatic rings. The average molecular weight is 307 g/mol. The minimum Gasteiger partial charge on any atom is -0.430 e. The summed E-state index contributed by atoms with van der Waals surface area (Å²) in [4.78, 5) is 26.5. The molecule has 1 spiro atoms. The van der Waals surface area contributed by atoms with Crippen LogP contribution in [0.3, 0.4) is 0 Å². The minimum absolute atomic E-state index is 0.0417. The van der Waals surface area contributed by atoms with Crippen LogP contribution >= 0.6 is 11.8 Å². The van der Waals surface area contributed by atoms with Crippen molar-refractivity contribution in [2.75, 3.05) is 26.0 Å². The third-order valence-electron chi connectivity index (χ3n) is 4.05. The molecule has 1 aromatic carbocycles. The Balaban J connectivity index is 1.69. The predicted octanol–water partition coefficient (Wildman–Crippen LogP) is 2.55. The number of amides is 1. The number of cyclic esters (lactones) is 1. The van der Waals surface area contributed by atoms with E-state index in [1.807, 2.05) is 35.4 Å². The molecule has 0 saturated carbocycles. The van der Waals surface area contributed by atoms with Gasteiger partial charge in [-0.05, 0) is 18.4 Å². The normalized spacial score (nSPS) is 20.2. The zero-order valence-corrected chi connectivity index (χ0v) is 12.6. The SMILES string of the molecule is CSc1ccccc1C(=O)N1CCC2(CC1)COC(=O)O2. The second kappa shape index (κ2) is 5.60. The van der Waals surface area contributed by atoms with Gasteiger partial charge in [-0.25, -0.2) is 4.79 Å². The monoisotopic (exact) mass is 307 g/mol. The zero-order valence-electron chi connectivity index (χ0n) is 11.8. The molecule has 1 amide bonds. The number of likely N-dealkylation sites (tertiary alicyclic amines) is 1. The van der Waals surface area contributed by atoms with Crippen LogP contribution in [-0.2, 0) is 9.47 Å². The predicted molar refractivity (Wildman–Crippen MR) is 78.5 cm³/mol. The van der Waals surface area contributed by atoms with Gasteiger partial charge < -0.3 is 14.4 Å². The Morgan fingerprint density at radius 2 is 2.00 bits per heavy atom. The van der Waals surface area contributed by atoms with E-state index in [0.717, 1.165) is 10.5 Å².